The molecule has 0 fully saturated rings. The van der Waals surface area contributed by atoms with Crippen LogP contribution in [0.15, 0.2) is 352 Å². The topological polar surface area (TPSA) is 0 Å². The normalized spacial score (nSPS) is 10.8. The number of rotatable bonds is 12. The molecule has 0 saturated carbocycles. The van der Waals surface area contributed by atoms with Gasteiger partial charge in [-0.2, -0.15) is 0 Å². The predicted molar refractivity (Wildman–Crippen MR) is 587 cm³/mol. The molecule has 0 aliphatic heterocycles. The van der Waals surface area contributed by atoms with Crippen molar-refractivity contribution >= 4 is 0 Å². The van der Waals surface area contributed by atoms with Gasteiger partial charge in [-0.05, 0) is 406 Å². The van der Waals surface area contributed by atoms with Gasteiger partial charge in [0.25, 0.3) is 0 Å². The van der Waals surface area contributed by atoms with Gasteiger partial charge in [0, 0.05) is 0 Å². The van der Waals surface area contributed by atoms with Gasteiger partial charge in [-0.3, -0.25) is 0 Å². The maximum absolute atomic E-state index is 2.33. The largest absolute Gasteiger partial charge is 0.0610 e. The molecular formula is C134H136. The summed E-state index contributed by atoms with van der Waals surface area (Å²) in [6.45, 7) is 56.3. The Morgan fingerprint density at radius 1 is 0.0821 bits per heavy atom. The fourth-order valence-corrected chi connectivity index (χ4v) is 18.6. The summed E-state index contributed by atoms with van der Waals surface area (Å²) >= 11 is 0. The van der Waals surface area contributed by atoms with Crippen molar-refractivity contribution in [1.29, 1.82) is 0 Å². The van der Waals surface area contributed by atoms with Crippen molar-refractivity contribution in [2.24, 2.45) is 0 Å². The molecule has 0 atom stereocenters. The minimum absolute atomic E-state index is 1.27. The van der Waals surface area contributed by atoms with Gasteiger partial charge in [-0.25, -0.2) is 0 Å². The lowest BCUT2D eigenvalue weighted by molar-refractivity contribution is 1.34. The summed E-state index contributed by atoms with van der Waals surface area (Å²) in [5.41, 5.74) is 65.4. The first kappa shape index (κ1) is 97.5. The molecule has 0 nitrogen and oxygen atoms in total. The highest BCUT2D eigenvalue weighted by atomic mass is 14.2. The van der Waals surface area contributed by atoms with Crippen molar-refractivity contribution in [1.82, 2.24) is 0 Å². The molecule has 672 valence electrons. The Kier molecular flexibility index (Phi) is 32.0. The first-order chi connectivity index (χ1) is 63.9. The molecule has 0 saturated heterocycles. The molecule has 18 aromatic carbocycles. The van der Waals surface area contributed by atoms with E-state index in [1.165, 1.54) is 278 Å². The van der Waals surface area contributed by atoms with Gasteiger partial charge in [0.2, 0.25) is 0 Å². The average Bonchev–Trinajstić information content (AvgIpc) is 0.805. The lowest BCUT2D eigenvalue weighted by Gasteiger charge is -2.13. The van der Waals surface area contributed by atoms with Crippen LogP contribution in [0.2, 0.25) is 0 Å². The van der Waals surface area contributed by atoms with Gasteiger partial charge in [0.15, 0.2) is 0 Å². The van der Waals surface area contributed by atoms with Gasteiger partial charge in [-0.15, -0.1) is 0 Å². The van der Waals surface area contributed by atoms with Gasteiger partial charge < -0.3 is 0 Å². The molecule has 134 heavy (non-hydrogen) atoms. The van der Waals surface area contributed by atoms with E-state index in [-0.39, 0.29) is 0 Å². The van der Waals surface area contributed by atoms with Gasteiger partial charge in [0.05, 0.1) is 0 Å². The Morgan fingerprint density at radius 3 is 0.604 bits per heavy atom. The number of aryl methyl sites for hydroxylation is 26. The predicted octanol–water partition coefficient (Wildman–Crippen LogP) is 38.1. The van der Waals surface area contributed by atoms with Crippen molar-refractivity contribution in [2.45, 2.75) is 180 Å². The minimum Gasteiger partial charge on any atom is -0.0610 e. The molecule has 0 aromatic heterocycles. The highest BCUT2D eigenvalue weighted by molar-refractivity contribution is 5.83. The highest BCUT2D eigenvalue weighted by Gasteiger charge is 2.15. The van der Waals surface area contributed by atoms with E-state index in [4.69, 9.17) is 0 Å². The quantitative estimate of drug-likeness (QED) is 0.114. The van der Waals surface area contributed by atoms with Crippen LogP contribution in [0.4, 0.5) is 0 Å². The molecule has 0 heterocycles. The van der Waals surface area contributed by atoms with Crippen molar-refractivity contribution in [3.8, 4) is 134 Å². The van der Waals surface area contributed by atoms with Gasteiger partial charge in [-0.1, -0.05) is 404 Å². The number of benzene rings is 18. The molecule has 0 spiro atoms. The molecule has 0 radical (unpaired) electrons. The highest BCUT2D eigenvalue weighted by Crippen LogP contribution is 2.39. The van der Waals surface area contributed by atoms with Crippen molar-refractivity contribution in [3.63, 3.8) is 0 Å². The molecule has 0 amide bonds. The molecule has 0 aliphatic rings. The first-order valence-corrected chi connectivity index (χ1v) is 47.6. The Labute approximate surface area is 804 Å². The van der Waals surface area contributed by atoms with Crippen LogP contribution in [0.1, 0.15) is 145 Å². The summed E-state index contributed by atoms with van der Waals surface area (Å²) in [5.74, 6) is 0. The van der Waals surface area contributed by atoms with Crippen LogP contribution in [-0.4, -0.2) is 0 Å². The summed E-state index contributed by atoms with van der Waals surface area (Å²) in [4.78, 5) is 0. The zero-order valence-electron chi connectivity index (χ0n) is 84.5. The molecule has 18 rings (SSSR count). The van der Waals surface area contributed by atoms with Crippen LogP contribution in [0.5, 0.6) is 0 Å². The second-order valence-corrected chi connectivity index (χ2v) is 38.6. The molecule has 0 bridgehead atoms. The van der Waals surface area contributed by atoms with Gasteiger partial charge in [0.1, 0.15) is 0 Å². The van der Waals surface area contributed by atoms with Crippen LogP contribution in [0.25, 0.3) is 134 Å². The van der Waals surface area contributed by atoms with Crippen molar-refractivity contribution in [2.75, 3.05) is 0 Å². The molecule has 0 N–H and O–H groups in total. The van der Waals surface area contributed by atoms with Crippen LogP contribution in [0, 0.1) is 180 Å². The maximum atomic E-state index is 2.33. The van der Waals surface area contributed by atoms with Crippen molar-refractivity contribution < 1.29 is 0 Å². The third-order valence-corrected chi connectivity index (χ3v) is 25.5. The van der Waals surface area contributed by atoms with E-state index in [1.807, 2.05) is 0 Å². The lowest BCUT2D eigenvalue weighted by Crippen LogP contribution is -1.90. The fourth-order valence-electron chi connectivity index (χ4n) is 18.6. The second-order valence-electron chi connectivity index (χ2n) is 38.6. The second kappa shape index (κ2) is 44.0. The smallest absolute Gasteiger partial charge is 0.0148 e. The monoisotopic (exact) mass is 1750 g/mol. The molecule has 0 heteroatoms. The van der Waals surface area contributed by atoms with E-state index < -0.39 is 0 Å². The van der Waals surface area contributed by atoms with Crippen LogP contribution >= 0.6 is 0 Å². The number of hydrogen-bond acceptors (Lipinski definition) is 0. The average molecular weight is 1750 g/mol. The van der Waals surface area contributed by atoms with E-state index in [9.17, 15) is 0 Å². The summed E-state index contributed by atoms with van der Waals surface area (Å²) in [7, 11) is 0. The SMILES string of the molecule is Cc1cc(C)cc(-c2cc(-c3ccc(C)cc3C)ccc2C)c1.Cc1cc(C)cc(-c2cc(C)cc(-c3ccc(C)c(C)c3)c2)c1.Cc1cc(C)cc(-c2cccc(-c3ccc(C)c(C)c3)c2)c1.Cc1cc(C)cc(-c2cccc(-c3ccc(C)cc3C)c2)c1.Cc1ccc(-c2cc(C)cc(-c3cc(C)cc(C)c3)c2)cc1.Cc1ccc(-c2ccc(C)c(-c3cc(C)cc(C)c3)c2)cc1. The number of hydrogen-bond donors (Lipinski definition) is 0. The third-order valence-electron chi connectivity index (χ3n) is 25.5. The van der Waals surface area contributed by atoms with E-state index in [0.717, 1.165) is 0 Å². The Bertz CT molecular complexity index is 7120. The molecule has 0 aliphatic carbocycles. The molecular weight excluding hydrogens is 1610 g/mol. The molecule has 18 aromatic rings. The van der Waals surface area contributed by atoms with Crippen LogP contribution in [0.3, 0.4) is 0 Å². The zero-order valence-corrected chi connectivity index (χ0v) is 84.5. The van der Waals surface area contributed by atoms with Gasteiger partial charge >= 0.3 is 0 Å². The van der Waals surface area contributed by atoms with Crippen molar-refractivity contribution in [3.05, 3.63) is 496 Å². The zero-order chi connectivity index (χ0) is 95.9. The Balaban J connectivity index is 0.000000136. The van der Waals surface area contributed by atoms with E-state index in [1.54, 1.807) is 0 Å². The molecule has 0 unspecified atom stereocenters. The lowest BCUT2D eigenvalue weighted by atomic mass is 9.92. The Hall–Kier alpha value is -14.0. The summed E-state index contributed by atoms with van der Waals surface area (Å²) in [6.07, 6.45) is 0. The summed E-state index contributed by atoms with van der Waals surface area (Å²) in [6, 6.07) is 130. The standard InChI is InChI=1S/2C23H24.4C22H22/c1-15-6-9-22(19(5)11-15)20-8-7-18(4)23(14-20)21-12-16(2)10-17(3)13-21;1-15-8-16(2)10-21(9-15)23-12-17(3)11-22(14-23)20-7-6-18(4)19(5)13-20;1-15-5-8-19(9-6-15)20-10-7-18(4)22(14-20)21-12-16(2)11-17(3)13-21;1-15-5-7-19(8-6-15)21-12-18(4)13-22(14-21)20-10-16(2)9-17(3)11-20;1-15-10-16(2)12-22(11-15)20-7-5-6-19(14-20)21-9-8-17(3)18(4)13-21;1-15-8-9-22(18(4)11-15)20-7-5-6-19(14-20)21-12-16(2)10-17(3)13-21/h2*6-14H,1-5H3;4*5-14H,1-4H3. The van der Waals surface area contributed by atoms with E-state index >= 15 is 0 Å². The fraction of sp³-hybridized carbons (Fsp3) is 0.194. The first-order valence-electron chi connectivity index (χ1n) is 47.6. The van der Waals surface area contributed by atoms with Crippen LogP contribution < -0.4 is 0 Å². The Morgan fingerprint density at radius 2 is 0.276 bits per heavy atom. The van der Waals surface area contributed by atoms with E-state index in [0.29, 0.717) is 0 Å². The summed E-state index contributed by atoms with van der Waals surface area (Å²) < 4.78 is 0. The summed E-state index contributed by atoms with van der Waals surface area (Å²) in [5, 5.41) is 0. The van der Waals surface area contributed by atoms with E-state index in [2.05, 4.69) is 532 Å². The maximum Gasteiger partial charge on any atom is -0.0148 e. The van der Waals surface area contributed by atoms with Crippen LogP contribution in [-0.2, 0) is 0 Å². The third kappa shape index (κ3) is 26.2. The minimum atomic E-state index is 1.27.